The number of aryl methyl sites for hydroxylation is 1. The van der Waals surface area contributed by atoms with E-state index in [0.29, 0.717) is 0 Å². The van der Waals surface area contributed by atoms with Crippen molar-refractivity contribution >= 4 is 11.8 Å². The fourth-order valence-electron chi connectivity index (χ4n) is 2.00. The number of ether oxygens (including phenoxy) is 1. The third-order valence-corrected chi connectivity index (χ3v) is 3.77. The molecule has 0 bridgehead atoms. The van der Waals surface area contributed by atoms with E-state index in [2.05, 4.69) is 70.2 Å². The van der Waals surface area contributed by atoms with Gasteiger partial charge >= 0.3 is 0 Å². The van der Waals surface area contributed by atoms with E-state index in [0.717, 1.165) is 11.5 Å². The number of rotatable bonds is 4. The van der Waals surface area contributed by atoms with E-state index >= 15 is 0 Å². The summed E-state index contributed by atoms with van der Waals surface area (Å²) in [6.45, 7) is 8.35. The molecule has 0 saturated carbocycles. The smallest absolute Gasteiger partial charge is 0.120 e. The van der Waals surface area contributed by atoms with Crippen LogP contribution in [-0.4, -0.2) is 5.60 Å². The van der Waals surface area contributed by atoms with Crippen LogP contribution >= 0.6 is 11.8 Å². The van der Waals surface area contributed by atoms with Crippen LogP contribution in [0.5, 0.6) is 5.75 Å². The largest absolute Gasteiger partial charge is 0.488 e. The van der Waals surface area contributed by atoms with E-state index in [1.165, 1.54) is 16.0 Å². The molecule has 2 aromatic carbocycles. The summed E-state index contributed by atoms with van der Waals surface area (Å²) in [6, 6.07) is 17.0. The number of hydrogen-bond donors (Lipinski definition) is 0. The average Bonchev–Trinajstić information content (AvgIpc) is 2.35. The third-order valence-electron chi connectivity index (χ3n) is 2.68. The average molecular weight is 286 g/mol. The first-order valence-electron chi connectivity index (χ1n) is 6.90. The second-order valence-electron chi connectivity index (χ2n) is 5.97. The van der Waals surface area contributed by atoms with Gasteiger partial charge in [-0.3, -0.25) is 0 Å². The van der Waals surface area contributed by atoms with Crippen LogP contribution in [0.25, 0.3) is 0 Å². The minimum absolute atomic E-state index is 0.155. The van der Waals surface area contributed by atoms with Crippen molar-refractivity contribution in [3.05, 3.63) is 59.7 Å². The van der Waals surface area contributed by atoms with Crippen LogP contribution in [0, 0.1) is 6.92 Å². The molecule has 2 rings (SSSR count). The van der Waals surface area contributed by atoms with Crippen molar-refractivity contribution in [1.29, 1.82) is 0 Å². The highest BCUT2D eigenvalue weighted by molar-refractivity contribution is 7.98. The molecule has 0 saturated heterocycles. The minimum atomic E-state index is -0.155. The Morgan fingerprint density at radius 2 is 1.70 bits per heavy atom. The quantitative estimate of drug-likeness (QED) is 0.690. The van der Waals surface area contributed by atoms with E-state index in [-0.39, 0.29) is 5.60 Å². The van der Waals surface area contributed by atoms with Gasteiger partial charge in [-0.05, 0) is 63.1 Å². The van der Waals surface area contributed by atoms with Gasteiger partial charge in [0.25, 0.3) is 0 Å². The summed E-state index contributed by atoms with van der Waals surface area (Å²) in [7, 11) is 0. The number of thioether (sulfide) groups is 1. The Morgan fingerprint density at radius 3 is 2.35 bits per heavy atom. The highest BCUT2D eigenvalue weighted by Gasteiger charge is 2.12. The minimum Gasteiger partial charge on any atom is -0.488 e. The monoisotopic (exact) mass is 286 g/mol. The first-order chi connectivity index (χ1) is 9.42. The molecule has 1 nitrogen and oxygen atoms in total. The summed E-state index contributed by atoms with van der Waals surface area (Å²) < 4.78 is 5.97. The molecular weight excluding hydrogens is 264 g/mol. The van der Waals surface area contributed by atoms with Gasteiger partial charge in [0.15, 0.2) is 0 Å². The van der Waals surface area contributed by atoms with Crippen molar-refractivity contribution in [2.75, 3.05) is 0 Å². The molecule has 0 N–H and O–H groups in total. The Morgan fingerprint density at radius 1 is 1.00 bits per heavy atom. The van der Waals surface area contributed by atoms with Crippen LogP contribution in [0.15, 0.2) is 53.4 Å². The fraction of sp³-hybridized carbons (Fsp3) is 0.333. The Kier molecular flexibility index (Phi) is 4.77. The highest BCUT2D eigenvalue weighted by Crippen LogP contribution is 2.27. The van der Waals surface area contributed by atoms with Crippen LogP contribution in [0.1, 0.15) is 31.9 Å². The lowest BCUT2D eigenvalue weighted by Gasteiger charge is -2.22. The van der Waals surface area contributed by atoms with Crippen LogP contribution in [0.4, 0.5) is 0 Å². The lowest BCUT2D eigenvalue weighted by Crippen LogP contribution is -2.23. The fourth-order valence-corrected chi connectivity index (χ4v) is 2.85. The van der Waals surface area contributed by atoms with Gasteiger partial charge in [-0.25, -0.2) is 0 Å². The molecule has 20 heavy (non-hydrogen) atoms. The number of hydrogen-bond acceptors (Lipinski definition) is 2. The second kappa shape index (κ2) is 6.36. The molecular formula is C18H22OS. The molecule has 0 radical (unpaired) electrons. The molecule has 106 valence electrons. The summed E-state index contributed by atoms with van der Waals surface area (Å²) in [6.07, 6.45) is 0. The Bertz CT molecular complexity index is 555. The first-order valence-corrected chi connectivity index (χ1v) is 7.88. The Labute approximate surface area is 126 Å². The molecule has 0 spiro atoms. The molecule has 0 aromatic heterocycles. The zero-order chi connectivity index (χ0) is 14.6. The zero-order valence-corrected chi connectivity index (χ0v) is 13.5. The summed E-state index contributed by atoms with van der Waals surface area (Å²) in [5.41, 5.74) is 2.39. The maximum atomic E-state index is 5.97. The lowest BCUT2D eigenvalue weighted by atomic mass is 10.1. The van der Waals surface area contributed by atoms with Gasteiger partial charge in [0.2, 0.25) is 0 Å². The molecule has 0 aliphatic rings. The topological polar surface area (TPSA) is 9.23 Å². The van der Waals surface area contributed by atoms with Crippen molar-refractivity contribution < 1.29 is 4.74 Å². The van der Waals surface area contributed by atoms with Gasteiger partial charge in [-0.15, -0.1) is 11.8 Å². The molecule has 2 heteroatoms. The molecule has 0 unspecified atom stereocenters. The van der Waals surface area contributed by atoms with E-state index in [4.69, 9.17) is 4.74 Å². The van der Waals surface area contributed by atoms with E-state index < -0.39 is 0 Å². The predicted molar refractivity (Wildman–Crippen MR) is 87.6 cm³/mol. The number of benzene rings is 2. The van der Waals surface area contributed by atoms with Crippen molar-refractivity contribution in [1.82, 2.24) is 0 Å². The molecule has 0 aliphatic heterocycles. The second-order valence-corrected chi connectivity index (χ2v) is 7.02. The lowest BCUT2D eigenvalue weighted by molar-refractivity contribution is 0.131. The Hall–Kier alpha value is -1.41. The van der Waals surface area contributed by atoms with Crippen molar-refractivity contribution in [3.63, 3.8) is 0 Å². The summed E-state index contributed by atoms with van der Waals surface area (Å²) >= 11 is 1.85. The van der Waals surface area contributed by atoms with Gasteiger partial charge < -0.3 is 4.74 Å². The normalized spacial score (nSPS) is 11.4. The highest BCUT2D eigenvalue weighted by atomic mass is 32.2. The maximum Gasteiger partial charge on any atom is 0.120 e. The standard InChI is InChI=1S/C18H22OS/c1-14-10-15(12-16(11-14)19-18(2,3)4)13-20-17-8-6-5-7-9-17/h5-12H,13H2,1-4H3. The van der Waals surface area contributed by atoms with E-state index in [1.54, 1.807) is 0 Å². The van der Waals surface area contributed by atoms with E-state index in [1.807, 2.05) is 17.8 Å². The summed E-state index contributed by atoms with van der Waals surface area (Å²) in [5, 5.41) is 0. The first kappa shape index (κ1) is 15.0. The van der Waals surface area contributed by atoms with Crippen LogP contribution < -0.4 is 4.74 Å². The summed E-state index contributed by atoms with van der Waals surface area (Å²) in [4.78, 5) is 1.30. The van der Waals surface area contributed by atoms with Crippen molar-refractivity contribution in [3.8, 4) is 5.75 Å². The van der Waals surface area contributed by atoms with Crippen molar-refractivity contribution in [2.45, 2.75) is 43.9 Å². The molecule has 0 atom stereocenters. The van der Waals surface area contributed by atoms with Crippen LogP contribution in [-0.2, 0) is 5.75 Å². The van der Waals surface area contributed by atoms with Gasteiger partial charge in [0, 0.05) is 10.6 Å². The van der Waals surface area contributed by atoms with Crippen molar-refractivity contribution in [2.24, 2.45) is 0 Å². The molecule has 0 fully saturated rings. The molecule has 0 heterocycles. The van der Waals surface area contributed by atoms with Crippen LogP contribution in [0.3, 0.4) is 0 Å². The van der Waals surface area contributed by atoms with E-state index in [9.17, 15) is 0 Å². The predicted octanol–water partition coefficient (Wildman–Crippen LogP) is 5.46. The Balaban J connectivity index is 2.08. The SMILES string of the molecule is Cc1cc(CSc2ccccc2)cc(OC(C)(C)C)c1. The third kappa shape index (κ3) is 4.93. The van der Waals surface area contributed by atoms with Gasteiger partial charge in [-0.1, -0.05) is 24.3 Å². The van der Waals surface area contributed by atoms with Gasteiger partial charge in [0.1, 0.15) is 11.4 Å². The molecule has 0 aliphatic carbocycles. The van der Waals surface area contributed by atoms with Gasteiger partial charge in [0.05, 0.1) is 0 Å². The zero-order valence-electron chi connectivity index (χ0n) is 12.6. The van der Waals surface area contributed by atoms with Crippen LogP contribution in [0.2, 0.25) is 0 Å². The molecule has 0 amide bonds. The maximum absolute atomic E-state index is 5.97. The summed E-state index contributed by atoms with van der Waals surface area (Å²) in [5.74, 6) is 1.92. The molecule has 2 aromatic rings. The van der Waals surface area contributed by atoms with Gasteiger partial charge in [-0.2, -0.15) is 0 Å².